The number of nitrogens with one attached hydrogen (secondary N) is 2. The maximum atomic E-state index is 12.1. The summed E-state index contributed by atoms with van der Waals surface area (Å²) in [6.07, 6.45) is 0.841. The summed E-state index contributed by atoms with van der Waals surface area (Å²) >= 11 is 0. The van der Waals surface area contributed by atoms with Crippen molar-refractivity contribution in [1.82, 2.24) is 14.8 Å². The van der Waals surface area contributed by atoms with Crippen LogP contribution in [0.4, 0.5) is 10.5 Å². The summed E-state index contributed by atoms with van der Waals surface area (Å²) < 4.78 is 5.01. The monoisotopic (exact) mass is 446 g/mol. The van der Waals surface area contributed by atoms with Gasteiger partial charge in [0.05, 0.1) is 13.0 Å². The minimum Gasteiger partial charge on any atom is -0.481 e. The molecule has 1 aromatic heterocycles. The van der Waals surface area contributed by atoms with Gasteiger partial charge in [-0.2, -0.15) is 0 Å². The first-order valence-electron chi connectivity index (χ1n) is 10.3. The van der Waals surface area contributed by atoms with Crippen LogP contribution in [0.15, 0.2) is 24.4 Å². The van der Waals surface area contributed by atoms with Gasteiger partial charge in [-0.05, 0) is 19.1 Å². The highest BCUT2D eigenvalue weighted by molar-refractivity contribution is 5.96. The number of anilines is 1. The molecule has 1 fully saturated rings. The van der Waals surface area contributed by atoms with E-state index in [0.29, 0.717) is 48.3 Å². The average Bonchev–Trinajstić information content (AvgIpc) is 3.15. The molecule has 11 nitrogen and oxygen atoms in total. The second kappa shape index (κ2) is 10.1. The van der Waals surface area contributed by atoms with Crippen molar-refractivity contribution in [1.29, 1.82) is 0 Å². The number of amides is 2. The molecule has 0 radical (unpaired) electrons. The van der Waals surface area contributed by atoms with Crippen LogP contribution in [0.25, 0.3) is 10.9 Å². The molecule has 2 aromatic rings. The molecule has 0 aliphatic carbocycles. The van der Waals surface area contributed by atoms with Crippen LogP contribution in [0.3, 0.4) is 0 Å². The van der Waals surface area contributed by atoms with Crippen LogP contribution in [0.5, 0.6) is 0 Å². The van der Waals surface area contributed by atoms with Crippen LogP contribution >= 0.6 is 0 Å². The van der Waals surface area contributed by atoms with E-state index >= 15 is 0 Å². The summed E-state index contributed by atoms with van der Waals surface area (Å²) in [5, 5.41) is 22.0. The Hall–Kier alpha value is -3.60. The Labute approximate surface area is 183 Å². The number of carboxylic acids is 2. The van der Waals surface area contributed by atoms with E-state index in [2.05, 4.69) is 10.3 Å². The molecule has 2 amide bonds. The highest BCUT2D eigenvalue weighted by Crippen LogP contribution is 2.31. The summed E-state index contributed by atoms with van der Waals surface area (Å²) in [7, 11) is 0. The number of carbonyl (C=O) groups excluding carboxylic acids is 2. The van der Waals surface area contributed by atoms with E-state index in [9.17, 15) is 24.3 Å². The minimum absolute atomic E-state index is 0.137. The summed E-state index contributed by atoms with van der Waals surface area (Å²) in [5.74, 6) is -2.46. The van der Waals surface area contributed by atoms with Crippen molar-refractivity contribution in [2.24, 2.45) is 0 Å². The third kappa shape index (κ3) is 5.35. The Kier molecular flexibility index (Phi) is 7.31. The predicted octanol–water partition coefficient (Wildman–Crippen LogP) is 1.87. The topological polar surface area (TPSA) is 152 Å². The van der Waals surface area contributed by atoms with E-state index in [1.165, 1.54) is 0 Å². The van der Waals surface area contributed by atoms with Crippen molar-refractivity contribution in [2.75, 3.05) is 38.1 Å². The molecule has 1 atom stereocenters. The number of carbonyl (C=O) groups is 4. The van der Waals surface area contributed by atoms with Crippen molar-refractivity contribution in [3.8, 4) is 0 Å². The van der Waals surface area contributed by atoms with Crippen LogP contribution in [0, 0.1) is 0 Å². The van der Waals surface area contributed by atoms with Crippen molar-refractivity contribution in [3.63, 3.8) is 0 Å². The highest BCUT2D eigenvalue weighted by atomic mass is 16.6. The van der Waals surface area contributed by atoms with E-state index in [1.807, 2.05) is 4.90 Å². The number of hydrogen-bond acceptors (Lipinski definition) is 6. The van der Waals surface area contributed by atoms with Crippen LogP contribution in [-0.2, 0) is 19.1 Å². The van der Waals surface area contributed by atoms with Crippen LogP contribution in [0.1, 0.15) is 31.4 Å². The van der Waals surface area contributed by atoms with Gasteiger partial charge < -0.3 is 30.2 Å². The van der Waals surface area contributed by atoms with E-state index in [-0.39, 0.29) is 19.4 Å². The molecule has 11 heteroatoms. The largest absolute Gasteiger partial charge is 0.481 e. The lowest BCUT2D eigenvalue weighted by atomic mass is 10.0. The molecule has 3 rings (SSSR count). The number of carboxylic acid groups (broad SMARTS) is 2. The van der Waals surface area contributed by atoms with Gasteiger partial charge in [-0.1, -0.05) is 6.07 Å². The van der Waals surface area contributed by atoms with E-state index in [4.69, 9.17) is 9.84 Å². The van der Waals surface area contributed by atoms with Crippen LogP contribution < -0.4 is 5.32 Å². The van der Waals surface area contributed by atoms with Crippen molar-refractivity contribution < 1.29 is 34.1 Å². The highest BCUT2D eigenvalue weighted by Gasteiger charge is 2.33. The summed E-state index contributed by atoms with van der Waals surface area (Å²) in [4.78, 5) is 52.9. The summed E-state index contributed by atoms with van der Waals surface area (Å²) in [6, 6.07) is 4.15. The standard InChI is InChI=1S/C21H26N4O7/c1-2-32-21(31)25-9-7-24(8-10-25)19(20(29)30)15-12-22-16-11-13(3-4-14(15)16)23-17(26)5-6-18(27)28/h3-4,11-12,19,22H,2,5-10H2,1H3,(H,23,26)(H,27,28)(H,29,30)/t19-/m1/s1. The number of fused-ring (bicyclic) bond motifs is 1. The van der Waals surface area contributed by atoms with Crippen LogP contribution in [-0.4, -0.2) is 81.7 Å². The summed E-state index contributed by atoms with van der Waals surface area (Å²) in [6.45, 7) is 3.54. The number of benzene rings is 1. The lowest BCUT2D eigenvalue weighted by Crippen LogP contribution is -2.51. The molecule has 1 aromatic carbocycles. The van der Waals surface area contributed by atoms with Crippen LogP contribution in [0.2, 0.25) is 0 Å². The maximum Gasteiger partial charge on any atom is 0.409 e. The van der Waals surface area contributed by atoms with Gasteiger partial charge in [-0.25, -0.2) is 4.79 Å². The number of ether oxygens (including phenoxy) is 1. The number of piperazine rings is 1. The number of nitrogens with zero attached hydrogens (tertiary/aromatic N) is 2. The molecule has 0 saturated carbocycles. The molecular formula is C21H26N4O7. The lowest BCUT2D eigenvalue weighted by Gasteiger charge is -2.37. The Morgan fingerprint density at radius 2 is 1.84 bits per heavy atom. The Balaban J connectivity index is 1.74. The molecule has 0 spiro atoms. The number of aromatic amines is 1. The van der Waals surface area contributed by atoms with Crippen molar-refractivity contribution in [3.05, 3.63) is 30.0 Å². The average molecular weight is 446 g/mol. The molecule has 0 bridgehead atoms. The molecule has 1 aliphatic rings. The second-order valence-corrected chi connectivity index (χ2v) is 7.41. The fraction of sp³-hybridized carbons (Fsp3) is 0.429. The fourth-order valence-electron chi connectivity index (χ4n) is 3.76. The Morgan fingerprint density at radius 3 is 2.47 bits per heavy atom. The number of H-pyrrole nitrogens is 1. The summed E-state index contributed by atoms with van der Waals surface area (Å²) in [5.41, 5.74) is 1.71. The molecule has 4 N–H and O–H groups in total. The first-order chi connectivity index (χ1) is 15.3. The van der Waals surface area contributed by atoms with Gasteiger partial charge in [0, 0.05) is 61.0 Å². The van der Waals surface area contributed by atoms with Gasteiger partial charge in [0.1, 0.15) is 6.04 Å². The van der Waals surface area contributed by atoms with E-state index < -0.39 is 30.0 Å². The van der Waals surface area contributed by atoms with Crippen molar-refractivity contribution >= 4 is 40.5 Å². The quantitative estimate of drug-likeness (QED) is 0.479. The number of aromatic nitrogens is 1. The molecule has 1 aliphatic heterocycles. The van der Waals surface area contributed by atoms with Gasteiger partial charge >= 0.3 is 18.0 Å². The van der Waals surface area contributed by atoms with Gasteiger partial charge in [0.2, 0.25) is 5.91 Å². The molecule has 172 valence electrons. The SMILES string of the molecule is CCOC(=O)N1CCN([C@@H](C(=O)O)c2c[nH]c3cc(NC(=O)CCC(=O)O)ccc23)CC1. The molecule has 2 heterocycles. The molecular weight excluding hydrogens is 420 g/mol. The first kappa shape index (κ1) is 23.1. The predicted molar refractivity (Wildman–Crippen MR) is 114 cm³/mol. The molecule has 1 saturated heterocycles. The second-order valence-electron chi connectivity index (χ2n) is 7.41. The van der Waals surface area contributed by atoms with Crippen molar-refractivity contribution in [2.45, 2.75) is 25.8 Å². The first-order valence-corrected chi connectivity index (χ1v) is 10.3. The Bertz CT molecular complexity index is 1010. The maximum absolute atomic E-state index is 12.1. The number of aliphatic carboxylic acids is 2. The smallest absolute Gasteiger partial charge is 0.409 e. The van der Waals surface area contributed by atoms with Gasteiger partial charge in [0.15, 0.2) is 0 Å². The zero-order valence-corrected chi connectivity index (χ0v) is 17.7. The zero-order valence-electron chi connectivity index (χ0n) is 17.7. The third-order valence-corrected chi connectivity index (χ3v) is 5.30. The normalized spacial score (nSPS) is 15.3. The number of rotatable bonds is 8. The Morgan fingerprint density at radius 1 is 1.12 bits per heavy atom. The van der Waals surface area contributed by atoms with E-state index in [1.54, 1.807) is 36.2 Å². The number of hydrogen-bond donors (Lipinski definition) is 4. The van der Waals surface area contributed by atoms with Gasteiger partial charge in [0.25, 0.3) is 0 Å². The molecule has 0 unspecified atom stereocenters. The lowest BCUT2D eigenvalue weighted by molar-refractivity contribution is -0.144. The fourth-order valence-corrected chi connectivity index (χ4v) is 3.76. The van der Waals surface area contributed by atoms with Gasteiger partial charge in [-0.3, -0.25) is 19.3 Å². The van der Waals surface area contributed by atoms with Gasteiger partial charge in [-0.15, -0.1) is 0 Å². The minimum atomic E-state index is -1.05. The zero-order chi connectivity index (χ0) is 23.3. The van der Waals surface area contributed by atoms with E-state index in [0.717, 1.165) is 0 Å². The molecule has 32 heavy (non-hydrogen) atoms. The third-order valence-electron chi connectivity index (χ3n) is 5.30.